The quantitative estimate of drug-likeness (QED) is 0.847. The van der Waals surface area contributed by atoms with Crippen LogP contribution in [0, 0.1) is 13.8 Å². The van der Waals surface area contributed by atoms with Crippen molar-refractivity contribution in [1.82, 2.24) is 4.98 Å². The fraction of sp³-hybridized carbons (Fsp3) is 0.143. The lowest BCUT2D eigenvalue weighted by atomic mass is 10.1. The molecule has 0 amide bonds. The molecular formula is C14H12Cl2N2OS. The van der Waals surface area contributed by atoms with Crippen molar-refractivity contribution in [3.8, 4) is 11.6 Å². The Morgan fingerprint density at radius 3 is 2.55 bits per heavy atom. The molecule has 20 heavy (non-hydrogen) atoms. The zero-order valence-corrected chi connectivity index (χ0v) is 13.2. The second-order valence-corrected chi connectivity index (χ2v) is 5.59. The highest BCUT2D eigenvalue weighted by Gasteiger charge is 2.15. The zero-order valence-electron chi connectivity index (χ0n) is 10.9. The Hall–Kier alpha value is -1.36. The molecule has 2 aromatic rings. The molecule has 1 aromatic carbocycles. The van der Waals surface area contributed by atoms with E-state index in [4.69, 9.17) is 45.9 Å². The van der Waals surface area contributed by atoms with Gasteiger partial charge >= 0.3 is 0 Å². The number of thiocarbonyl (C=S) groups is 1. The van der Waals surface area contributed by atoms with E-state index < -0.39 is 0 Å². The summed E-state index contributed by atoms with van der Waals surface area (Å²) in [6.45, 7) is 3.77. The van der Waals surface area contributed by atoms with E-state index in [1.54, 1.807) is 18.2 Å². The van der Waals surface area contributed by atoms with E-state index in [1.165, 1.54) is 0 Å². The molecule has 1 heterocycles. The van der Waals surface area contributed by atoms with Gasteiger partial charge in [0.1, 0.15) is 10.7 Å². The van der Waals surface area contributed by atoms with Crippen molar-refractivity contribution in [1.29, 1.82) is 0 Å². The van der Waals surface area contributed by atoms with Crippen LogP contribution in [0.4, 0.5) is 0 Å². The van der Waals surface area contributed by atoms with Gasteiger partial charge < -0.3 is 10.5 Å². The van der Waals surface area contributed by atoms with Crippen LogP contribution in [0.2, 0.25) is 10.0 Å². The van der Waals surface area contributed by atoms with E-state index in [1.807, 2.05) is 19.9 Å². The van der Waals surface area contributed by atoms with E-state index >= 15 is 0 Å². The smallest absolute Gasteiger partial charge is 0.230 e. The summed E-state index contributed by atoms with van der Waals surface area (Å²) in [6, 6.07) is 6.85. The molecule has 0 aliphatic carbocycles. The molecule has 3 nitrogen and oxygen atoms in total. The SMILES string of the molecule is Cc1cc(C)c(C(N)=S)c(Oc2ccc(Cl)cc2Cl)n1. The van der Waals surface area contributed by atoms with Gasteiger partial charge in [-0.2, -0.15) is 0 Å². The standard InChI is InChI=1S/C14H12Cl2N2OS/c1-7-5-8(2)18-14(12(7)13(17)20)19-11-4-3-9(15)6-10(11)16/h3-6H,1-2H3,(H2,17,20). The number of hydrogen-bond acceptors (Lipinski definition) is 3. The summed E-state index contributed by atoms with van der Waals surface area (Å²) in [7, 11) is 0. The highest BCUT2D eigenvalue weighted by atomic mass is 35.5. The maximum atomic E-state index is 6.09. The summed E-state index contributed by atoms with van der Waals surface area (Å²) < 4.78 is 5.75. The first kappa shape index (κ1) is 15.0. The summed E-state index contributed by atoms with van der Waals surface area (Å²) in [6.07, 6.45) is 0. The first-order valence-corrected chi connectivity index (χ1v) is 6.96. The monoisotopic (exact) mass is 326 g/mol. The zero-order chi connectivity index (χ0) is 14.9. The molecule has 6 heteroatoms. The van der Waals surface area contributed by atoms with Crippen LogP contribution in [-0.2, 0) is 0 Å². The van der Waals surface area contributed by atoms with Gasteiger partial charge in [-0.3, -0.25) is 0 Å². The number of ether oxygens (including phenoxy) is 1. The lowest BCUT2D eigenvalue weighted by molar-refractivity contribution is 0.460. The van der Waals surface area contributed by atoms with Crippen LogP contribution < -0.4 is 10.5 Å². The Bertz CT molecular complexity index is 689. The molecule has 0 atom stereocenters. The Balaban J connectivity index is 2.50. The molecule has 0 fully saturated rings. The van der Waals surface area contributed by atoms with E-state index in [0.717, 1.165) is 11.3 Å². The number of nitrogens with zero attached hydrogens (tertiary/aromatic N) is 1. The predicted molar refractivity (Wildman–Crippen MR) is 86.1 cm³/mol. The molecule has 104 valence electrons. The van der Waals surface area contributed by atoms with Crippen LogP contribution in [-0.4, -0.2) is 9.97 Å². The maximum Gasteiger partial charge on any atom is 0.230 e. The minimum Gasteiger partial charge on any atom is -0.437 e. The molecule has 0 saturated carbocycles. The van der Waals surface area contributed by atoms with Crippen LogP contribution >= 0.6 is 35.4 Å². The van der Waals surface area contributed by atoms with Crippen LogP contribution in [0.1, 0.15) is 16.8 Å². The van der Waals surface area contributed by atoms with Crippen LogP contribution in [0.3, 0.4) is 0 Å². The summed E-state index contributed by atoms with van der Waals surface area (Å²) in [4.78, 5) is 4.56. The number of nitrogens with two attached hydrogens (primary N) is 1. The summed E-state index contributed by atoms with van der Waals surface area (Å²) in [5, 5.41) is 0.928. The Morgan fingerprint density at radius 2 is 1.95 bits per heavy atom. The van der Waals surface area contributed by atoms with Gasteiger partial charge in [0.15, 0.2) is 0 Å². The van der Waals surface area contributed by atoms with Gasteiger partial charge in [0.05, 0.1) is 10.6 Å². The largest absolute Gasteiger partial charge is 0.437 e. The molecule has 1 aromatic heterocycles. The lowest BCUT2D eigenvalue weighted by Crippen LogP contribution is -2.14. The molecule has 2 rings (SSSR count). The molecule has 2 N–H and O–H groups in total. The number of aromatic nitrogens is 1. The molecule has 0 aliphatic heterocycles. The fourth-order valence-corrected chi connectivity index (χ4v) is 2.53. The van der Waals surface area contributed by atoms with Gasteiger partial charge in [0.25, 0.3) is 0 Å². The number of pyridine rings is 1. The predicted octanol–water partition coefficient (Wildman–Crippen LogP) is 4.43. The van der Waals surface area contributed by atoms with Gasteiger partial charge in [-0.25, -0.2) is 4.98 Å². The maximum absolute atomic E-state index is 6.09. The molecule has 0 aliphatic rings. The summed E-state index contributed by atoms with van der Waals surface area (Å²) in [5.41, 5.74) is 8.06. The van der Waals surface area contributed by atoms with Gasteiger partial charge in [-0.1, -0.05) is 35.4 Å². The van der Waals surface area contributed by atoms with Crippen molar-refractivity contribution in [2.45, 2.75) is 13.8 Å². The second kappa shape index (κ2) is 5.95. The number of aryl methyl sites for hydroxylation is 2. The van der Waals surface area contributed by atoms with Crippen molar-refractivity contribution in [2.75, 3.05) is 0 Å². The molecular weight excluding hydrogens is 315 g/mol. The van der Waals surface area contributed by atoms with Crippen molar-refractivity contribution < 1.29 is 4.74 Å². The minimum atomic E-state index is 0.232. The lowest BCUT2D eigenvalue weighted by Gasteiger charge is -2.13. The highest BCUT2D eigenvalue weighted by Crippen LogP contribution is 2.33. The second-order valence-electron chi connectivity index (χ2n) is 4.30. The van der Waals surface area contributed by atoms with Crippen molar-refractivity contribution >= 4 is 40.4 Å². The topological polar surface area (TPSA) is 48.1 Å². The summed E-state index contributed by atoms with van der Waals surface area (Å²) >= 11 is 17.0. The van der Waals surface area contributed by atoms with Gasteiger partial charge in [0, 0.05) is 10.7 Å². The first-order chi connectivity index (χ1) is 9.38. The molecule has 0 spiro atoms. The van der Waals surface area contributed by atoms with E-state index in [-0.39, 0.29) is 4.99 Å². The van der Waals surface area contributed by atoms with Gasteiger partial charge in [0.2, 0.25) is 5.88 Å². The van der Waals surface area contributed by atoms with Crippen molar-refractivity contribution in [2.24, 2.45) is 5.73 Å². The molecule has 0 saturated heterocycles. The summed E-state index contributed by atoms with van der Waals surface area (Å²) in [5.74, 6) is 0.797. The average molecular weight is 327 g/mol. The van der Waals surface area contributed by atoms with Crippen LogP contribution in [0.15, 0.2) is 24.3 Å². The molecule has 0 bridgehead atoms. The number of rotatable bonds is 3. The Kier molecular flexibility index (Phi) is 4.48. The van der Waals surface area contributed by atoms with Crippen LogP contribution in [0.25, 0.3) is 0 Å². The normalized spacial score (nSPS) is 10.4. The first-order valence-electron chi connectivity index (χ1n) is 5.79. The fourth-order valence-electron chi connectivity index (χ4n) is 1.84. The number of benzene rings is 1. The molecule has 0 radical (unpaired) electrons. The Morgan fingerprint density at radius 1 is 1.25 bits per heavy atom. The van der Waals surface area contributed by atoms with Crippen molar-refractivity contribution in [3.05, 3.63) is 51.1 Å². The van der Waals surface area contributed by atoms with Gasteiger partial charge in [-0.15, -0.1) is 0 Å². The number of hydrogen-bond donors (Lipinski definition) is 1. The molecule has 0 unspecified atom stereocenters. The Labute approximate surface area is 132 Å². The third-order valence-corrected chi connectivity index (χ3v) is 3.39. The van der Waals surface area contributed by atoms with E-state index in [0.29, 0.717) is 27.2 Å². The average Bonchev–Trinajstić information content (AvgIpc) is 2.31. The third kappa shape index (κ3) is 3.20. The van der Waals surface area contributed by atoms with E-state index in [2.05, 4.69) is 4.98 Å². The van der Waals surface area contributed by atoms with Crippen molar-refractivity contribution in [3.63, 3.8) is 0 Å². The van der Waals surface area contributed by atoms with E-state index in [9.17, 15) is 0 Å². The third-order valence-electron chi connectivity index (χ3n) is 2.66. The highest BCUT2D eigenvalue weighted by molar-refractivity contribution is 7.80. The van der Waals surface area contributed by atoms with Gasteiger partial charge in [-0.05, 0) is 43.7 Å². The minimum absolute atomic E-state index is 0.232. The van der Waals surface area contributed by atoms with Crippen LogP contribution in [0.5, 0.6) is 11.6 Å². The number of halogens is 2.